The maximum absolute atomic E-state index is 13.9. The van der Waals surface area contributed by atoms with E-state index < -0.39 is 28.3 Å². The lowest BCUT2D eigenvalue weighted by atomic mass is 10.2. The van der Waals surface area contributed by atoms with Crippen molar-refractivity contribution in [1.82, 2.24) is 5.32 Å². The quantitative estimate of drug-likeness (QED) is 0.427. The van der Waals surface area contributed by atoms with Gasteiger partial charge in [-0.05, 0) is 73.3 Å². The molecule has 0 atom stereocenters. The lowest BCUT2D eigenvalue weighted by Crippen LogP contribution is -2.40. The molecule has 0 radical (unpaired) electrons. The fourth-order valence-electron chi connectivity index (χ4n) is 3.12. The Kier molecular flexibility index (Phi) is 8.35. The van der Waals surface area contributed by atoms with E-state index >= 15 is 0 Å². The zero-order valence-electron chi connectivity index (χ0n) is 18.3. The monoisotopic (exact) mass is 488 g/mol. The van der Waals surface area contributed by atoms with E-state index in [-0.39, 0.29) is 17.1 Å². The molecule has 0 aromatic heterocycles. The van der Waals surface area contributed by atoms with Crippen LogP contribution in [0.25, 0.3) is 0 Å². The summed E-state index contributed by atoms with van der Waals surface area (Å²) in [4.78, 5) is 13.6. The minimum absolute atomic E-state index is 0.0155. The van der Waals surface area contributed by atoms with Gasteiger partial charge in [-0.15, -0.1) is 11.8 Å². The van der Waals surface area contributed by atoms with Crippen molar-refractivity contribution in [3.05, 3.63) is 84.2 Å². The Hall–Kier alpha value is -3.04. The highest BCUT2D eigenvalue weighted by atomic mass is 32.2. The van der Waals surface area contributed by atoms with Gasteiger partial charge in [-0.1, -0.05) is 18.2 Å². The minimum Gasteiger partial charge on any atom is -0.494 e. The number of nitrogens with one attached hydrogen (secondary N) is 1. The molecular weight excluding hydrogens is 463 g/mol. The predicted octanol–water partition coefficient (Wildman–Crippen LogP) is 4.46. The van der Waals surface area contributed by atoms with E-state index in [0.717, 1.165) is 20.8 Å². The maximum atomic E-state index is 13.9. The van der Waals surface area contributed by atoms with Crippen molar-refractivity contribution in [1.29, 1.82) is 0 Å². The van der Waals surface area contributed by atoms with Gasteiger partial charge in [0.2, 0.25) is 5.91 Å². The van der Waals surface area contributed by atoms with Gasteiger partial charge < -0.3 is 10.1 Å². The second-order valence-corrected chi connectivity index (χ2v) is 9.77. The number of anilines is 1. The first-order valence-electron chi connectivity index (χ1n) is 10.2. The molecule has 0 aliphatic rings. The van der Waals surface area contributed by atoms with Crippen LogP contribution in [-0.2, 0) is 21.4 Å². The average Bonchev–Trinajstić information content (AvgIpc) is 2.81. The van der Waals surface area contributed by atoms with Crippen molar-refractivity contribution >= 4 is 33.4 Å². The summed E-state index contributed by atoms with van der Waals surface area (Å²) in [6.07, 6.45) is 1.89. The van der Waals surface area contributed by atoms with Gasteiger partial charge in [0.1, 0.15) is 18.1 Å². The summed E-state index contributed by atoms with van der Waals surface area (Å²) in [5, 5.41) is 2.73. The number of ether oxygens (including phenoxy) is 1. The number of sulfonamides is 1. The summed E-state index contributed by atoms with van der Waals surface area (Å²) in [6.45, 7) is 2.10. The number of thioether (sulfide) groups is 1. The molecule has 0 heterocycles. The summed E-state index contributed by atoms with van der Waals surface area (Å²) in [5.74, 6) is -0.439. The van der Waals surface area contributed by atoms with E-state index in [1.807, 2.05) is 31.4 Å². The molecule has 0 aliphatic heterocycles. The van der Waals surface area contributed by atoms with Crippen LogP contribution in [0.1, 0.15) is 12.5 Å². The van der Waals surface area contributed by atoms with Gasteiger partial charge in [0.25, 0.3) is 10.0 Å². The molecule has 0 saturated carbocycles. The Morgan fingerprint density at radius 1 is 1.06 bits per heavy atom. The van der Waals surface area contributed by atoms with E-state index in [0.29, 0.717) is 12.4 Å². The number of carbonyl (C=O) groups excluding carboxylic acids is 1. The predicted molar refractivity (Wildman–Crippen MR) is 129 cm³/mol. The van der Waals surface area contributed by atoms with E-state index in [4.69, 9.17) is 4.74 Å². The Balaban J connectivity index is 1.82. The molecule has 174 valence electrons. The van der Waals surface area contributed by atoms with Crippen molar-refractivity contribution in [2.75, 3.05) is 23.7 Å². The Morgan fingerprint density at radius 3 is 2.45 bits per heavy atom. The fourth-order valence-corrected chi connectivity index (χ4v) is 4.94. The molecule has 0 unspecified atom stereocenters. The van der Waals surface area contributed by atoms with Crippen molar-refractivity contribution in [2.45, 2.75) is 23.3 Å². The topological polar surface area (TPSA) is 75.7 Å². The number of nitrogens with zero attached hydrogens (tertiary/aromatic N) is 1. The standard InChI is InChI=1S/C24H25FN2O4S2/c1-3-31-21-9-4-6-18(14-21)16-26-24(28)17-27(20-8-5-7-19(25)15-20)33(29,30)23-12-10-22(32-2)11-13-23/h4-15H,3,16-17H2,1-2H3,(H,26,28). The van der Waals surface area contributed by atoms with Crippen LogP contribution in [0.15, 0.2) is 82.6 Å². The van der Waals surface area contributed by atoms with Crippen LogP contribution in [0, 0.1) is 5.82 Å². The second kappa shape index (κ2) is 11.2. The Bertz CT molecular complexity index is 1200. The van der Waals surface area contributed by atoms with Crippen molar-refractivity contribution in [3.63, 3.8) is 0 Å². The number of hydrogen-bond donors (Lipinski definition) is 1. The molecule has 33 heavy (non-hydrogen) atoms. The number of rotatable bonds is 10. The molecule has 9 heteroatoms. The highest BCUT2D eigenvalue weighted by Crippen LogP contribution is 2.26. The van der Waals surface area contributed by atoms with Crippen LogP contribution < -0.4 is 14.4 Å². The van der Waals surface area contributed by atoms with Crippen LogP contribution in [0.3, 0.4) is 0 Å². The first-order valence-corrected chi connectivity index (χ1v) is 12.9. The fraction of sp³-hybridized carbons (Fsp3) is 0.208. The SMILES string of the molecule is CCOc1cccc(CNC(=O)CN(c2cccc(F)c2)S(=O)(=O)c2ccc(SC)cc2)c1. The molecule has 1 amide bonds. The third-order valence-corrected chi connectivity index (χ3v) is 7.26. The van der Waals surface area contributed by atoms with E-state index in [2.05, 4.69) is 5.32 Å². The number of carbonyl (C=O) groups is 1. The Morgan fingerprint density at radius 2 is 1.79 bits per heavy atom. The highest BCUT2D eigenvalue weighted by molar-refractivity contribution is 7.98. The van der Waals surface area contributed by atoms with Crippen LogP contribution in [0.2, 0.25) is 0 Å². The second-order valence-electron chi connectivity index (χ2n) is 7.02. The number of halogens is 1. The molecule has 1 N–H and O–H groups in total. The molecule has 3 aromatic rings. The molecule has 0 bridgehead atoms. The number of benzene rings is 3. The summed E-state index contributed by atoms with van der Waals surface area (Å²) in [5.41, 5.74) is 0.875. The van der Waals surface area contributed by atoms with Crippen LogP contribution >= 0.6 is 11.8 Å². The highest BCUT2D eigenvalue weighted by Gasteiger charge is 2.27. The molecule has 0 fully saturated rings. The molecule has 0 aliphatic carbocycles. The van der Waals surface area contributed by atoms with Gasteiger partial charge in [0.15, 0.2) is 0 Å². The van der Waals surface area contributed by atoms with Crippen molar-refractivity contribution < 1.29 is 22.3 Å². The molecule has 0 saturated heterocycles. The number of amides is 1. The van der Waals surface area contributed by atoms with Crippen LogP contribution in [-0.4, -0.2) is 33.7 Å². The first kappa shape index (κ1) is 24.6. The van der Waals surface area contributed by atoms with Gasteiger partial charge >= 0.3 is 0 Å². The third kappa shape index (κ3) is 6.49. The van der Waals surface area contributed by atoms with E-state index in [9.17, 15) is 17.6 Å². The molecule has 3 aromatic carbocycles. The largest absolute Gasteiger partial charge is 0.494 e. The third-order valence-electron chi connectivity index (χ3n) is 4.73. The first-order chi connectivity index (χ1) is 15.8. The molecule has 0 spiro atoms. The van der Waals surface area contributed by atoms with Gasteiger partial charge in [0.05, 0.1) is 17.2 Å². The van der Waals surface area contributed by atoms with Gasteiger partial charge in [-0.25, -0.2) is 12.8 Å². The average molecular weight is 489 g/mol. The lowest BCUT2D eigenvalue weighted by Gasteiger charge is -2.24. The van der Waals surface area contributed by atoms with Gasteiger partial charge in [-0.2, -0.15) is 0 Å². The van der Waals surface area contributed by atoms with Crippen molar-refractivity contribution in [3.8, 4) is 5.75 Å². The van der Waals surface area contributed by atoms with E-state index in [1.54, 1.807) is 18.2 Å². The van der Waals surface area contributed by atoms with Gasteiger partial charge in [0, 0.05) is 11.4 Å². The Labute approximate surface area is 197 Å². The summed E-state index contributed by atoms with van der Waals surface area (Å²) in [7, 11) is -4.11. The zero-order valence-corrected chi connectivity index (χ0v) is 20.0. The maximum Gasteiger partial charge on any atom is 0.264 e. The molecule has 3 rings (SSSR count). The van der Waals surface area contributed by atoms with Crippen LogP contribution in [0.5, 0.6) is 5.75 Å². The lowest BCUT2D eigenvalue weighted by molar-refractivity contribution is -0.119. The van der Waals surface area contributed by atoms with Crippen LogP contribution in [0.4, 0.5) is 10.1 Å². The van der Waals surface area contributed by atoms with Crippen molar-refractivity contribution in [2.24, 2.45) is 0 Å². The minimum atomic E-state index is -4.11. The molecular formula is C24H25FN2O4S2. The van der Waals surface area contributed by atoms with Gasteiger partial charge in [-0.3, -0.25) is 9.10 Å². The zero-order chi connectivity index (χ0) is 23.8. The number of hydrogen-bond acceptors (Lipinski definition) is 5. The summed E-state index contributed by atoms with van der Waals surface area (Å²) in [6, 6.07) is 18.8. The summed E-state index contributed by atoms with van der Waals surface area (Å²) >= 11 is 1.48. The smallest absolute Gasteiger partial charge is 0.264 e. The van der Waals surface area contributed by atoms with E-state index in [1.165, 1.54) is 42.1 Å². The molecule has 6 nitrogen and oxygen atoms in total. The summed E-state index contributed by atoms with van der Waals surface area (Å²) < 4.78 is 47.0. The normalized spacial score (nSPS) is 11.1.